The number of rotatable bonds is 5. The van der Waals surface area contributed by atoms with E-state index in [9.17, 15) is 0 Å². The number of aliphatic imine (C=N–C) groups is 1. The molecule has 5 aromatic rings. The largest absolute Gasteiger partial charge is 0.333 e. The molecule has 0 fully saturated rings. The van der Waals surface area contributed by atoms with Crippen LogP contribution in [0.1, 0.15) is 43.2 Å². The molecule has 50 heavy (non-hydrogen) atoms. The van der Waals surface area contributed by atoms with E-state index in [0.717, 1.165) is 32.2 Å². The van der Waals surface area contributed by atoms with Gasteiger partial charge in [0.1, 0.15) is 0 Å². The highest BCUT2D eigenvalue weighted by Crippen LogP contribution is 2.49. The number of anilines is 2. The Labute approximate surface area is 294 Å². The number of nitrogens with zero attached hydrogens (tertiary/aromatic N) is 3. The Balaban J connectivity index is 1.09. The molecule has 5 aliphatic rings. The minimum atomic E-state index is 0.207. The molecule has 10 rings (SSSR count). The zero-order valence-corrected chi connectivity index (χ0v) is 28.1. The van der Waals surface area contributed by atoms with Gasteiger partial charge in [0.15, 0.2) is 0 Å². The molecule has 3 heterocycles. The Hall–Kier alpha value is -5.67. The average molecular weight is 646 g/mol. The Bertz CT molecular complexity index is 2420. The minimum Gasteiger partial charge on any atom is -0.333 e. The number of aromatic nitrogens is 1. The summed E-state index contributed by atoms with van der Waals surface area (Å²) < 4.78 is 2.61. The van der Waals surface area contributed by atoms with Gasteiger partial charge in [0.05, 0.1) is 12.1 Å². The van der Waals surface area contributed by atoms with E-state index < -0.39 is 0 Å². The molecule has 3 heteroatoms. The number of benzene rings is 4. The lowest BCUT2D eigenvalue weighted by Gasteiger charge is -2.28. The topological polar surface area (TPSA) is 20.5 Å². The first-order valence-electron chi connectivity index (χ1n) is 18.2. The molecule has 3 unspecified atom stereocenters. The molecule has 4 aromatic carbocycles. The maximum Gasteiger partial charge on any atom is 0.0629 e. The lowest BCUT2D eigenvalue weighted by Crippen LogP contribution is -2.28. The van der Waals surface area contributed by atoms with Gasteiger partial charge in [0, 0.05) is 51.9 Å². The second-order valence-corrected chi connectivity index (χ2v) is 14.1. The van der Waals surface area contributed by atoms with Crippen LogP contribution in [0.4, 0.5) is 11.4 Å². The Morgan fingerprint density at radius 3 is 2.44 bits per heavy atom. The molecule has 3 atom stereocenters. The summed E-state index contributed by atoms with van der Waals surface area (Å²) >= 11 is 0. The molecule has 0 saturated carbocycles. The van der Waals surface area contributed by atoms with Crippen molar-refractivity contribution < 1.29 is 0 Å². The molecule has 0 bridgehead atoms. The van der Waals surface area contributed by atoms with Crippen molar-refractivity contribution in [3.63, 3.8) is 0 Å². The minimum absolute atomic E-state index is 0.207. The van der Waals surface area contributed by atoms with Crippen molar-refractivity contribution in [3.8, 4) is 11.1 Å². The number of allylic oxidation sites excluding steroid dienone is 11. The third-order valence-corrected chi connectivity index (χ3v) is 11.2. The summed E-state index contributed by atoms with van der Waals surface area (Å²) in [5.74, 6) is 0.355. The predicted molar refractivity (Wildman–Crippen MR) is 211 cm³/mol. The van der Waals surface area contributed by atoms with E-state index in [1.807, 2.05) is 6.21 Å². The maximum absolute atomic E-state index is 4.49. The van der Waals surface area contributed by atoms with Gasteiger partial charge in [-0.05, 0) is 107 Å². The molecule has 0 N–H and O–H groups in total. The van der Waals surface area contributed by atoms with Gasteiger partial charge >= 0.3 is 0 Å². The van der Waals surface area contributed by atoms with Crippen LogP contribution in [0.15, 0.2) is 179 Å². The van der Waals surface area contributed by atoms with E-state index in [-0.39, 0.29) is 12.1 Å². The van der Waals surface area contributed by atoms with Crippen molar-refractivity contribution in [2.24, 2.45) is 4.99 Å². The summed E-state index contributed by atoms with van der Waals surface area (Å²) in [6.45, 7) is 0.869. The summed E-state index contributed by atoms with van der Waals surface area (Å²) in [5.41, 5.74) is 14.6. The van der Waals surface area contributed by atoms with Gasteiger partial charge in [0.25, 0.3) is 0 Å². The average Bonchev–Trinajstić information content (AvgIpc) is 3.71. The van der Waals surface area contributed by atoms with E-state index in [1.54, 1.807) is 0 Å². The van der Waals surface area contributed by atoms with Crippen molar-refractivity contribution in [2.45, 2.75) is 43.7 Å². The molecule has 2 aliphatic heterocycles. The van der Waals surface area contributed by atoms with Gasteiger partial charge in [0.2, 0.25) is 0 Å². The van der Waals surface area contributed by atoms with Crippen LogP contribution in [-0.4, -0.2) is 23.4 Å². The van der Waals surface area contributed by atoms with E-state index in [2.05, 4.69) is 166 Å². The Kier molecular flexibility index (Phi) is 7.04. The second kappa shape index (κ2) is 12.0. The number of dihydropyridines is 1. The summed E-state index contributed by atoms with van der Waals surface area (Å²) in [7, 11) is 0. The van der Waals surface area contributed by atoms with Crippen LogP contribution in [0.5, 0.6) is 0 Å². The maximum atomic E-state index is 4.49. The fourth-order valence-corrected chi connectivity index (χ4v) is 8.88. The molecule has 242 valence electrons. The van der Waals surface area contributed by atoms with Crippen LogP contribution in [0, 0.1) is 0 Å². The van der Waals surface area contributed by atoms with Gasteiger partial charge in [-0.25, -0.2) is 0 Å². The van der Waals surface area contributed by atoms with Crippen molar-refractivity contribution in [1.29, 1.82) is 0 Å². The van der Waals surface area contributed by atoms with Crippen molar-refractivity contribution in [3.05, 3.63) is 180 Å². The lowest BCUT2D eigenvalue weighted by molar-refractivity contribution is 0.625. The first-order chi connectivity index (χ1) is 24.8. The number of fused-ring (bicyclic) bond motifs is 6. The zero-order chi connectivity index (χ0) is 33.0. The van der Waals surface area contributed by atoms with Crippen LogP contribution < -0.4 is 4.90 Å². The Morgan fingerprint density at radius 1 is 0.720 bits per heavy atom. The predicted octanol–water partition coefficient (Wildman–Crippen LogP) is 11.7. The van der Waals surface area contributed by atoms with E-state index in [4.69, 9.17) is 0 Å². The monoisotopic (exact) mass is 645 g/mol. The summed E-state index contributed by atoms with van der Waals surface area (Å²) in [4.78, 5) is 7.02. The molecule has 3 nitrogen and oxygen atoms in total. The van der Waals surface area contributed by atoms with Crippen molar-refractivity contribution in [1.82, 2.24) is 4.57 Å². The van der Waals surface area contributed by atoms with Gasteiger partial charge in [-0.2, -0.15) is 0 Å². The molecule has 1 aromatic heterocycles. The molecule has 0 amide bonds. The molecule has 0 radical (unpaired) electrons. The Morgan fingerprint density at radius 2 is 1.56 bits per heavy atom. The van der Waals surface area contributed by atoms with E-state index >= 15 is 0 Å². The third-order valence-electron chi connectivity index (χ3n) is 11.2. The summed E-state index contributed by atoms with van der Waals surface area (Å²) in [6, 6.07) is 34.6. The van der Waals surface area contributed by atoms with Gasteiger partial charge in [-0.15, -0.1) is 0 Å². The molecule has 0 saturated heterocycles. The SMILES string of the molecule is C1=CC2c3ccc(-c4ccc5c(c4)c4ccccc4n5C4C=C(C5=CCCC=C5)C=C(C5=CC=NCC5)C4)cc3N(c3ccccc3)C2C=C1. The first kappa shape index (κ1) is 29.3. The molecule has 0 spiro atoms. The highest BCUT2D eigenvalue weighted by atomic mass is 15.2. The zero-order valence-electron chi connectivity index (χ0n) is 28.1. The fraction of sp³-hybridized carbons (Fsp3) is 0.170. The van der Waals surface area contributed by atoms with Gasteiger partial charge in [-0.1, -0.05) is 109 Å². The second-order valence-electron chi connectivity index (χ2n) is 14.1. The van der Waals surface area contributed by atoms with Gasteiger partial charge < -0.3 is 9.47 Å². The van der Waals surface area contributed by atoms with Crippen LogP contribution >= 0.6 is 0 Å². The van der Waals surface area contributed by atoms with Crippen LogP contribution in [0.2, 0.25) is 0 Å². The lowest BCUT2D eigenvalue weighted by atomic mass is 9.85. The standard InChI is InChI=1S/C47H39N3/c1-3-11-32(12-4-1)36-27-37(33-23-25-48-26-24-33)29-39(28-36)50-45-18-10-8-16-41(45)43-30-34(20-22-46(43)50)35-19-21-42-40-15-7-9-17-44(40)49(47(42)31-35)38-13-5-2-6-14-38/h2-3,5-23,25,27-28,30-31,39-40,44H,1,4,24,26,29H2. The van der Waals surface area contributed by atoms with E-state index in [0.29, 0.717) is 5.92 Å². The van der Waals surface area contributed by atoms with Crippen molar-refractivity contribution in [2.75, 3.05) is 11.4 Å². The summed E-state index contributed by atoms with van der Waals surface area (Å²) in [5, 5.41) is 2.62. The number of hydrogen-bond donors (Lipinski definition) is 0. The molecular weight excluding hydrogens is 607 g/mol. The molecular formula is C47H39N3. The first-order valence-corrected chi connectivity index (χ1v) is 18.2. The number of para-hydroxylation sites is 2. The highest BCUT2D eigenvalue weighted by Gasteiger charge is 2.37. The smallest absolute Gasteiger partial charge is 0.0629 e. The van der Waals surface area contributed by atoms with Crippen LogP contribution in [0.25, 0.3) is 32.9 Å². The highest BCUT2D eigenvalue weighted by molar-refractivity contribution is 6.09. The van der Waals surface area contributed by atoms with Crippen LogP contribution in [-0.2, 0) is 0 Å². The van der Waals surface area contributed by atoms with Crippen LogP contribution in [0.3, 0.4) is 0 Å². The quantitative estimate of drug-likeness (QED) is 0.186. The number of hydrogen-bond acceptors (Lipinski definition) is 2. The molecule has 3 aliphatic carbocycles. The summed E-state index contributed by atoms with van der Waals surface area (Å²) in [6.07, 6.45) is 29.5. The third kappa shape index (κ3) is 4.83. The fourth-order valence-electron chi connectivity index (χ4n) is 8.88. The normalized spacial score (nSPS) is 22.3. The van der Waals surface area contributed by atoms with Gasteiger partial charge in [-0.3, -0.25) is 4.99 Å². The van der Waals surface area contributed by atoms with E-state index in [1.165, 1.54) is 72.2 Å². The van der Waals surface area contributed by atoms with Crippen molar-refractivity contribution >= 4 is 39.4 Å².